The molecule has 24 heavy (non-hydrogen) atoms. The van der Waals surface area contributed by atoms with Crippen molar-refractivity contribution in [3.05, 3.63) is 53.3 Å². The molecule has 2 heterocycles. The van der Waals surface area contributed by atoms with E-state index in [4.69, 9.17) is 4.74 Å². The van der Waals surface area contributed by atoms with Gasteiger partial charge in [-0.05, 0) is 44.4 Å². The summed E-state index contributed by atoms with van der Waals surface area (Å²) >= 11 is 0. The Bertz CT molecular complexity index is 691. The van der Waals surface area contributed by atoms with Crippen LogP contribution in [0.3, 0.4) is 0 Å². The summed E-state index contributed by atoms with van der Waals surface area (Å²) in [6.07, 6.45) is 6.10. The maximum atomic E-state index is 12.9. The summed E-state index contributed by atoms with van der Waals surface area (Å²) in [5.74, 6) is 0.0951. The summed E-state index contributed by atoms with van der Waals surface area (Å²) < 4.78 is 7.39. The number of hydrogen-bond acceptors (Lipinski definition) is 3. The molecule has 0 aliphatic carbocycles. The normalized spacial score (nSPS) is 17.7. The van der Waals surface area contributed by atoms with Crippen molar-refractivity contribution in [3.8, 4) is 0 Å². The van der Waals surface area contributed by atoms with Crippen LogP contribution in [0.1, 0.15) is 54.2 Å². The average Bonchev–Trinajstić information content (AvgIpc) is 3.21. The highest BCUT2D eigenvalue weighted by Crippen LogP contribution is 2.32. The number of nitrogens with zero attached hydrogens (tertiary/aromatic N) is 3. The predicted octanol–water partition coefficient (Wildman–Crippen LogP) is 3.32. The topological polar surface area (TPSA) is 47.4 Å². The van der Waals surface area contributed by atoms with Crippen molar-refractivity contribution in [2.45, 2.75) is 45.4 Å². The second kappa shape index (κ2) is 7.18. The average molecular weight is 327 g/mol. The Balaban J connectivity index is 1.71. The van der Waals surface area contributed by atoms with Crippen LogP contribution in [0.15, 0.2) is 36.7 Å². The fourth-order valence-corrected chi connectivity index (χ4v) is 3.14. The van der Waals surface area contributed by atoms with Gasteiger partial charge in [0.2, 0.25) is 0 Å². The molecule has 0 bridgehead atoms. The van der Waals surface area contributed by atoms with Crippen molar-refractivity contribution >= 4 is 5.91 Å². The fraction of sp³-hybridized carbons (Fsp3) is 0.474. The Labute approximate surface area is 143 Å². The molecule has 128 valence electrons. The number of carbonyl (C=O) groups is 1. The minimum absolute atomic E-state index is 0.0951. The lowest BCUT2D eigenvalue weighted by molar-refractivity contribution is 0.0655. The number of ether oxygens (including phenoxy) is 1. The van der Waals surface area contributed by atoms with Crippen LogP contribution >= 0.6 is 0 Å². The molecule has 0 unspecified atom stereocenters. The summed E-state index contributed by atoms with van der Waals surface area (Å²) in [6, 6.07) is 7.89. The van der Waals surface area contributed by atoms with Gasteiger partial charge in [-0.3, -0.25) is 9.48 Å². The van der Waals surface area contributed by atoms with E-state index in [0.29, 0.717) is 6.61 Å². The zero-order valence-electron chi connectivity index (χ0n) is 14.6. The van der Waals surface area contributed by atoms with E-state index in [1.807, 2.05) is 62.5 Å². The van der Waals surface area contributed by atoms with Crippen LogP contribution in [0.25, 0.3) is 0 Å². The Hall–Kier alpha value is -2.14. The Kier molecular flexibility index (Phi) is 5.00. The van der Waals surface area contributed by atoms with Gasteiger partial charge in [-0.2, -0.15) is 5.10 Å². The van der Waals surface area contributed by atoms with Gasteiger partial charge < -0.3 is 9.64 Å². The van der Waals surface area contributed by atoms with Gasteiger partial charge >= 0.3 is 0 Å². The van der Waals surface area contributed by atoms with Crippen molar-refractivity contribution in [1.29, 1.82) is 0 Å². The highest BCUT2D eigenvalue weighted by molar-refractivity contribution is 5.94. The molecule has 3 rings (SSSR count). The molecule has 1 aromatic heterocycles. The minimum atomic E-state index is 0.0951. The fourth-order valence-electron chi connectivity index (χ4n) is 3.14. The van der Waals surface area contributed by atoms with Crippen LogP contribution in [-0.2, 0) is 18.4 Å². The van der Waals surface area contributed by atoms with E-state index in [-0.39, 0.29) is 18.1 Å². The lowest BCUT2D eigenvalue weighted by Gasteiger charge is -2.24. The van der Waals surface area contributed by atoms with Crippen LogP contribution < -0.4 is 0 Å². The molecule has 0 saturated carbocycles. The molecule has 0 N–H and O–H groups in total. The van der Waals surface area contributed by atoms with E-state index in [9.17, 15) is 4.79 Å². The third-order valence-corrected chi connectivity index (χ3v) is 4.41. The first-order chi connectivity index (χ1) is 11.5. The van der Waals surface area contributed by atoms with E-state index in [0.717, 1.165) is 36.1 Å². The second-order valence-electron chi connectivity index (χ2n) is 6.66. The summed E-state index contributed by atoms with van der Waals surface area (Å²) in [5, 5.41) is 4.24. The Morgan fingerprint density at radius 3 is 2.71 bits per heavy atom. The maximum absolute atomic E-state index is 12.9. The SMILES string of the molecule is CC(C)OCc1ccc(C(=O)N2CCC[C@@H]2c2cnn(C)c2)cc1. The van der Waals surface area contributed by atoms with Crippen LogP contribution in [0, 0.1) is 0 Å². The molecule has 1 atom stereocenters. The number of carbonyl (C=O) groups excluding carboxylic acids is 1. The molecular formula is C19H25N3O2. The van der Waals surface area contributed by atoms with Gasteiger partial charge in [0.25, 0.3) is 5.91 Å². The maximum Gasteiger partial charge on any atom is 0.254 e. The molecule has 5 heteroatoms. The van der Waals surface area contributed by atoms with Crippen molar-refractivity contribution < 1.29 is 9.53 Å². The molecular weight excluding hydrogens is 302 g/mol. The number of rotatable bonds is 5. The zero-order chi connectivity index (χ0) is 17.1. The first-order valence-electron chi connectivity index (χ1n) is 8.54. The summed E-state index contributed by atoms with van der Waals surface area (Å²) in [5.41, 5.74) is 2.94. The van der Waals surface area contributed by atoms with Gasteiger partial charge in [0.05, 0.1) is 24.9 Å². The largest absolute Gasteiger partial charge is 0.374 e. The van der Waals surface area contributed by atoms with Crippen LogP contribution in [-0.4, -0.2) is 33.2 Å². The third kappa shape index (κ3) is 3.67. The van der Waals surface area contributed by atoms with Crippen molar-refractivity contribution in [2.24, 2.45) is 7.05 Å². The molecule has 1 aromatic carbocycles. The Morgan fingerprint density at radius 2 is 2.08 bits per heavy atom. The lowest BCUT2D eigenvalue weighted by atomic mass is 10.1. The van der Waals surface area contributed by atoms with Crippen molar-refractivity contribution in [3.63, 3.8) is 0 Å². The number of amides is 1. The van der Waals surface area contributed by atoms with Gasteiger partial charge in [0.1, 0.15) is 0 Å². The number of likely N-dealkylation sites (tertiary alicyclic amines) is 1. The number of aromatic nitrogens is 2. The molecule has 1 saturated heterocycles. The summed E-state index contributed by atoms with van der Waals surface area (Å²) in [7, 11) is 1.91. The zero-order valence-corrected chi connectivity index (χ0v) is 14.6. The molecule has 1 amide bonds. The molecule has 0 spiro atoms. The highest BCUT2D eigenvalue weighted by Gasteiger charge is 2.31. The van der Waals surface area contributed by atoms with Gasteiger partial charge in [-0.25, -0.2) is 0 Å². The first-order valence-corrected chi connectivity index (χ1v) is 8.54. The second-order valence-corrected chi connectivity index (χ2v) is 6.66. The van der Waals surface area contributed by atoms with E-state index < -0.39 is 0 Å². The van der Waals surface area contributed by atoms with Crippen LogP contribution in [0.4, 0.5) is 0 Å². The van der Waals surface area contributed by atoms with Gasteiger partial charge in [-0.15, -0.1) is 0 Å². The van der Waals surface area contributed by atoms with Gasteiger partial charge in [-0.1, -0.05) is 12.1 Å². The molecule has 5 nitrogen and oxygen atoms in total. The van der Waals surface area contributed by atoms with Gasteiger partial charge in [0, 0.05) is 30.9 Å². The standard InChI is InChI=1S/C19H25N3O2/c1-14(2)24-13-15-6-8-16(9-7-15)19(23)22-10-4-5-18(22)17-11-20-21(3)12-17/h6-9,11-12,14,18H,4-5,10,13H2,1-3H3/t18-/m1/s1. The molecule has 1 aliphatic rings. The van der Waals surface area contributed by atoms with Crippen molar-refractivity contribution in [2.75, 3.05) is 6.54 Å². The number of hydrogen-bond donors (Lipinski definition) is 0. The quantitative estimate of drug-likeness (QED) is 0.846. The highest BCUT2D eigenvalue weighted by atomic mass is 16.5. The predicted molar refractivity (Wildman–Crippen MR) is 92.6 cm³/mol. The van der Waals surface area contributed by atoms with E-state index in [1.54, 1.807) is 4.68 Å². The molecule has 1 fully saturated rings. The molecule has 2 aromatic rings. The molecule has 0 radical (unpaired) electrons. The first kappa shape index (κ1) is 16.7. The number of benzene rings is 1. The minimum Gasteiger partial charge on any atom is -0.374 e. The van der Waals surface area contributed by atoms with Crippen LogP contribution in [0.5, 0.6) is 0 Å². The summed E-state index contributed by atoms with van der Waals surface area (Å²) in [6.45, 7) is 5.42. The van der Waals surface area contributed by atoms with E-state index >= 15 is 0 Å². The van der Waals surface area contributed by atoms with Crippen molar-refractivity contribution in [1.82, 2.24) is 14.7 Å². The number of aryl methyl sites for hydroxylation is 1. The lowest BCUT2D eigenvalue weighted by Crippen LogP contribution is -2.30. The molecule has 1 aliphatic heterocycles. The van der Waals surface area contributed by atoms with Gasteiger partial charge in [0.15, 0.2) is 0 Å². The van der Waals surface area contributed by atoms with E-state index in [1.165, 1.54) is 0 Å². The third-order valence-electron chi connectivity index (χ3n) is 4.41. The Morgan fingerprint density at radius 1 is 1.33 bits per heavy atom. The van der Waals surface area contributed by atoms with Crippen LogP contribution in [0.2, 0.25) is 0 Å². The monoisotopic (exact) mass is 327 g/mol. The summed E-state index contributed by atoms with van der Waals surface area (Å²) in [4.78, 5) is 14.9. The van der Waals surface area contributed by atoms with E-state index in [2.05, 4.69) is 5.10 Å². The smallest absolute Gasteiger partial charge is 0.254 e.